The SMILES string of the molecule is Cc1cc(F)c(O)c(C2(N)CCCC2)c1Br. The Bertz CT molecular complexity index is 401. The van der Waals surface area contributed by atoms with E-state index in [4.69, 9.17) is 5.73 Å². The first kappa shape index (κ1) is 11.9. The van der Waals surface area contributed by atoms with Gasteiger partial charge in [-0.25, -0.2) is 4.39 Å². The Kier molecular flexibility index (Phi) is 2.97. The van der Waals surface area contributed by atoms with E-state index < -0.39 is 11.4 Å². The highest BCUT2D eigenvalue weighted by Crippen LogP contribution is 2.45. The monoisotopic (exact) mass is 287 g/mol. The summed E-state index contributed by atoms with van der Waals surface area (Å²) in [6, 6.07) is 1.32. The van der Waals surface area contributed by atoms with E-state index in [1.54, 1.807) is 6.92 Å². The smallest absolute Gasteiger partial charge is 0.165 e. The van der Waals surface area contributed by atoms with Crippen molar-refractivity contribution in [3.63, 3.8) is 0 Å². The molecule has 4 heteroatoms. The molecular weight excluding hydrogens is 273 g/mol. The van der Waals surface area contributed by atoms with Gasteiger partial charge in [-0.3, -0.25) is 0 Å². The largest absolute Gasteiger partial charge is 0.505 e. The van der Waals surface area contributed by atoms with Crippen LogP contribution in [0.1, 0.15) is 36.8 Å². The molecule has 3 N–H and O–H groups in total. The summed E-state index contributed by atoms with van der Waals surface area (Å²) in [4.78, 5) is 0. The first-order valence-corrected chi connectivity index (χ1v) is 6.22. The van der Waals surface area contributed by atoms with Crippen LogP contribution in [-0.4, -0.2) is 5.11 Å². The van der Waals surface area contributed by atoms with E-state index in [1.807, 2.05) is 0 Å². The van der Waals surface area contributed by atoms with Crippen LogP contribution in [0.2, 0.25) is 0 Å². The third-order valence-corrected chi connectivity index (χ3v) is 4.39. The number of nitrogens with two attached hydrogens (primary N) is 1. The maximum Gasteiger partial charge on any atom is 0.165 e. The summed E-state index contributed by atoms with van der Waals surface area (Å²) in [6.45, 7) is 1.80. The number of hydrogen-bond donors (Lipinski definition) is 2. The summed E-state index contributed by atoms with van der Waals surface area (Å²) < 4.78 is 14.2. The Balaban J connectivity index is 2.63. The molecule has 0 atom stereocenters. The third-order valence-electron chi connectivity index (χ3n) is 3.37. The highest BCUT2D eigenvalue weighted by Gasteiger charge is 2.36. The molecule has 0 spiro atoms. The minimum atomic E-state index is -0.590. The Morgan fingerprint density at radius 3 is 2.56 bits per heavy atom. The first-order valence-electron chi connectivity index (χ1n) is 5.42. The van der Waals surface area contributed by atoms with Crippen LogP contribution in [0.4, 0.5) is 4.39 Å². The maximum atomic E-state index is 13.5. The van der Waals surface area contributed by atoms with Gasteiger partial charge in [-0.2, -0.15) is 0 Å². The lowest BCUT2D eigenvalue weighted by Crippen LogP contribution is -2.34. The topological polar surface area (TPSA) is 46.2 Å². The second-order valence-electron chi connectivity index (χ2n) is 4.58. The van der Waals surface area contributed by atoms with Gasteiger partial charge in [0, 0.05) is 15.6 Å². The van der Waals surface area contributed by atoms with Crippen molar-refractivity contribution in [1.82, 2.24) is 0 Å². The number of rotatable bonds is 1. The number of aryl methyl sites for hydroxylation is 1. The Morgan fingerprint density at radius 1 is 1.44 bits per heavy atom. The summed E-state index contributed by atoms with van der Waals surface area (Å²) in [6.07, 6.45) is 3.64. The molecule has 0 aliphatic heterocycles. The van der Waals surface area contributed by atoms with Crippen molar-refractivity contribution in [2.75, 3.05) is 0 Å². The van der Waals surface area contributed by atoms with Gasteiger partial charge in [0.15, 0.2) is 11.6 Å². The second kappa shape index (κ2) is 4.00. The lowest BCUT2D eigenvalue weighted by molar-refractivity contribution is 0.383. The number of phenolic OH excluding ortho intramolecular Hbond substituents is 1. The Labute approximate surface area is 103 Å². The molecule has 0 saturated heterocycles. The highest BCUT2D eigenvalue weighted by atomic mass is 79.9. The van der Waals surface area contributed by atoms with Crippen LogP contribution >= 0.6 is 15.9 Å². The van der Waals surface area contributed by atoms with Crippen molar-refractivity contribution < 1.29 is 9.50 Å². The number of aromatic hydroxyl groups is 1. The van der Waals surface area contributed by atoms with E-state index in [1.165, 1.54) is 6.07 Å². The van der Waals surface area contributed by atoms with Gasteiger partial charge in [0.25, 0.3) is 0 Å². The molecule has 0 amide bonds. The zero-order valence-electron chi connectivity index (χ0n) is 9.19. The minimum absolute atomic E-state index is 0.304. The van der Waals surface area contributed by atoms with Crippen molar-refractivity contribution in [1.29, 1.82) is 0 Å². The molecule has 88 valence electrons. The molecule has 0 aromatic heterocycles. The zero-order chi connectivity index (χ0) is 11.9. The lowest BCUT2D eigenvalue weighted by Gasteiger charge is -2.27. The van der Waals surface area contributed by atoms with E-state index in [-0.39, 0.29) is 5.75 Å². The molecule has 1 saturated carbocycles. The average molecular weight is 288 g/mol. The van der Waals surface area contributed by atoms with Crippen LogP contribution in [-0.2, 0) is 5.54 Å². The third kappa shape index (κ3) is 1.74. The van der Waals surface area contributed by atoms with Gasteiger partial charge in [0.2, 0.25) is 0 Å². The summed E-state index contributed by atoms with van der Waals surface area (Å²) in [5.41, 5.74) is 6.97. The summed E-state index contributed by atoms with van der Waals surface area (Å²) >= 11 is 3.40. The van der Waals surface area contributed by atoms with Crippen molar-refractivity contribution in [2.45, 2.75) is 38.1 Å². The van der Waals surface area contributed by atoms with Crippen LogP contribution < -0.4 is 5.73 Å². The maximum absolute atomic E-state index is 13.5. The second-order valence-corrected chi connectivity index (χ2v) is 5.37. The molecule has 0 bridgehead atoms. The number of benzene rings is 1. The van der Waals surface area contributed by atoms with Gasteiger partial charge >= 0.3 is 0 Å². The normalized spacial score (nSPS) is 19.0. The lowest BCUT2D eigenvalue weighted by atomic mass is 9.87. The zero-order valence-corrected chi connectivity index (χ0v) is 10.8. The van der Waals surface area contributed by atoms with Gasteiger partial charge < -0.3 is 10.8 Å². The molecular formula is C12H15BrFNO. The molecule has 1 fully saturated rings. The van der Waals surface area contributed by atoms with Gasteiger partial charge in [-0.1, -0.05) is 28.8 Å². The molecule has 1 aliphatic carbocycles. The van der Waals surface area contributed by atoms with E-state index in [0.717, 1.165) is 35.7 Å². The van der Waals surface area contributed by atoms with Crippen LogP contribution in [0.5, 0.6) is 5.75 Å². The van der Waals surface area contributed by atoms with Gasteiger partial charge in [0.1, 0.15) is 0 Å². The van der Waals surface area contributed by atoms with Crippen LogP contribution in [0.3, 0.4) is 0 Å². The van der Waals surface area contributed by atoms with Crippen LogP contribution in [0.15, 0.2) is 10.5 Å². The van der Waals surface area contributed by atoms with Crippen LogP contribution in [0.25, 0.3) is 0 Å². The molecule has 2 rings (SSSR count). The van der Waals surface area contributed by atoms with E-state index in [0.29, 0.717) is 5.56 Å². The van der Waals surface area contributed by atoms with E-state index >= 15 is 0 Å². The molecule has 0 heterocycles. The van der Waals surface area contributed by atoms with Crippen LogP contribution in [0, 0.1) is 12.7 Å². The number of halogens is 2. The van der Waals surface area contributed by atoms with Crippen molar-refractivity contribution in [3.05, 3.63) is 27.5 Å². The standard InChI is InChI=1S/C12H15BrFNO/c1-7-6-8(14)11(16)9(10(7)13)12(15)4-2-3-5-12/h6,16H,2-5,15H2,1H3. The van der Waals surface area contributed by atoms with E-state index in [9.17, 15) is 9.50 Å². The van der Waals surface area contributed by atoms with Crippen molar-refractivity contribution >= 4 is 15.9 Å². The van der Waals surface area contributed by atoms with Crippen molar-refractivity contribution in [2.24, 2.45) is 5.73 Å². The van der Waals surface area contributed by atoms with Gasteiger partial charge in [0.05, 0.1) is 0 Å². The molecule has 1 aromatic rings. The quantitative estimate of drug-likeness (QED) is 0.832. The molecule has 2 nitrogen and oxygen atoms in total. The fourth-order valence-electron chi connectivity index (χ4n) is 2.45. The van der Waals surface area contributed by atoms with Crippen molar-refractivity contribution in [3.8, 4) is 5.75 Å². The summed E-state index contributed by atoms with van der Waals surface area (Å²) in [5.74, 6) is -0.894. The number of phenols is 1. The first-order chi connectivity index (χ1) is 7.46. The summed E-state index contributed by atoms with van der Waals surface area (Å²) in [5, 5.41) is 9.84. The fourth-order valence-corrected chi connectivity index (χ4v) is 3.15. The Morgan fingerprint density at radius 2 is 2.00 bits per heavy atom. The van der Waals surface area contributed by atoms with Gasteiger partial charge in [-0.05, 0) is 31.4 Å². The molecule has 1 aromatic carbocycles. The number of hydrogen-bond acceptors (Lipinski definition) is 2. The highest BCUT2D eigenvalue weighted by molar-refractivity contribution is 9.10. The van der Waals surface area contributed by atoms with Gasteiger partial charge in [-0.15, -0.1) is 0 Å². The molecule has 16 heavy (non-hydrogen) atoms. The minimum Gasteiger partial charge on any atom is -0.505 e. The Hall–Kier alpha value is -0.610. The molecule has 0 unspecified atom stereocenters. The fraction of sp³-hybridized carbons (Fsp3) is 0.500. The molecule has 1 aliphatic rings. The predicted octanol–water partition coefficient (Wildman–Crippen LogP) is 3.33. The average Bonchev–Trinajstić information content (AvgIpc) is 2.63. The predicted molar refractivity (Wildman–Crippen MR) is 64.8 cm³/mol. The van der Waals surface area contributed by atoms with E-state index in [2.05, 4.69) is 15.9 Å². The molecule has 0 radical (unpaired) electrons. The summed E-state index contributed by atoms with van der Waals surface area (Å²) in [7, 11) is 0.